The number of hydrogen-bond acceptors (Lipinski definition) is 2. The summed E-state index contributed by atoms with van der Waals surface area (Å²) < 4.78 is 0. The van der Waals surface area contributed by atoms with Gasteiger partial charge in [-0.1, -0.05) is 68.6 Å². The monoisotopic (exact) mass is 440 g/mol. The zero-order valence-electron chi connectivity index (χ0n) is 17.3. The van der Waals surface area contributed by atoms with E-state index in [-0.39, 0.29) is 0 Å². The molecule has 0 radical (unpaired) electrons. The van der Waals surface area contributed by atoms with Gasteiger partial charge < -0.3 is 0 Å². The first-order valence-corrected chi connectivity index (χ1v) is 18.8. The largest absolute Gasteiger partial charge is 0.117 e. The van der Waals surface area contributed by atoms with Crippen molar-refractivity contribution < 1.29 is 0 Å². The van der Waals surface area contributed by atoms with E-state index < -0.39 is 16.1 Å². The molecule has 0 unspecified atom stereocenters. The maximum Gasteiger partial charge on any atom is 0.0577 e. The summed E-state index contributed by atoms with van der Waals surface area (Å²) in [6, 6.07) is 2.60. The van der Waals surface area contributed by atoms with Gasteiger partial charge in [0.1, 0.15) is 0 Å². The van der Waals surface area contributed by atoms with Crippen LogP contribution in [0.2, 0.25) is 51.4 Å². The van der Waals surface area contributed by atoms with Crippen molar-refractivity contribution in [2.45, 2.75) is 58.3 Å². The third kappa shape index (κ3) is 17.2. The lowest BCUT2D eigenvalue weighted by Gasteiger charge is -2.15. The number of allylic oxidation sites excluding steroid dienone is 5. The molecule has 0 aliphatic heterocycles. The van der Waals surface area contributed by atoms with Crippen molar-refractivity contribution in [1.29, 1.82) is 0 Å². The average molecular weight is 441 g/mol. The maximum atomic E-state index is 5.58. The summed E-state index contributed by atoms with van der Waals surface area (Å²) in [7, 11) is -2.03. The second kappa shape index (κ2) is 13.9. The van der Waals surface area contributed by atoms with Crippen molar-refractivity contribution in [3.63, 3.8) is 0 Å². The lowest BCUT2D eigenvalue weighted by atomic mass is 10.4. The van der Waals surface area contributed by atoms with Crippen LogP contribution >= 0.6 is 35.1 Å². The van der Waals surface area contributed by atoms with Crippen LogP contribution in [0.25, 0.3) is 0 Å². The first-order valence-electron chi connectivity index (χ1n) is 8.94. The van der Waals surface area contributed by atoms with Gasteiger partial charge in [-0.3, -0.25) is 0 Å². The van der Waals surface area contributed by atoms with Gasteiger partial charge in [-0.15, -0.1) is 29.4 Å². The highest BCUT2D eigenvalue weighted by Gasteiger charge is 2.13. The van der Waals surface area contributed by atoms with Gasteiger partial charge >= 0.3 is 0 Å². The minimum Gasteiger partial charge on any atom is -0.117 e. The molecule has 0 nitrogen and oxygen atoms in total. The van der Waals surface area contributed by atoms with E-state index >= 15 is 0 Å². The highest BCUT2D eigenvalue weighted by molar-refractivity contribution is 8.03. The SMILES string of the molecule is CC#C/C(=C/C=C(/C#C/C=C\Cl)SCC[Si](C)(C)C)SCC[Si](C)(C)C. The minimum absolute atomic E-state index is 1.00. The van der Waals surface area contributed by atoms with Crippen LogP contribution in [0.5, 0.6) is 0 Å². The van der Waals surface area contributed by atoms with Crippen molar-refractivity contribution in [3.05, 3.63) is 33.6 Å². The fourth-order valence-electron chi connectivity index (χ4n) is 1.60. The molecule has 0 atom stereocenters. The molecular formula is C21H33ClS2Si2. The Morgan fingerprint density at radius 2 is 1.31 bits per heavy atom. The second-order valence-corrected chi connectivity index (χ2v) is 22.1. The standard InChI is InChI=1S/C21H33ClS2Si2/c1-8-11-20(23-16-18-25(2,3)4)13-14-21(12-9-10-15-22)24-17-19-26(5,6)7/h10,13-15H,16-19H2,1-7H3/b15-10-,20-13-,21-14-. The van der Waals surface area contributed by atoms with Crippen LogP contribution in [0.15, 0.2) is 33.6 Å². The minimum atomic E-state index is -1.02. The van der Waals surface area contributed by atoms with Gasteiger partial charge in [0.25, 0.3) is 0 Å². The van der Waals surface area contributed by atoms with Crippen LogP contribution in [0.1, 0.15) is 6.92 Å². The first kappa shape index (κ1) is 25.8. The molecule has 0 rings (SSSR count). The van der Waals surface area contributed by atoms with Crippen LogP contribution in [0.3, 0.4) is 0 Å². The summed E-state index contributed by atoms with van der Waals surface area (Å²) in [6.07, 6.45) is 5.92. The topological polar surface area (TPSA) is 0 Å². The molecule has 0 bridgehead atoms. The Kier molecular flexibility index (Phi) is 13.7. The fraction of sp³-hybridized carbons (Fsp3) is 0.524. The Morgan fingerprint density at radius 3 is 1.69 bits per heavy atom. The fourth-order valence-corrected chi connectivity index (χ4v) is 8.46. The van der Waals surface area contributed by atoms with E-state index in [1.165, 1.54) is 17.6 Å². The van der Waals surface area contributed by atoms with E-state index in [0.717, 1.165) is 21.3 Å². The van der Waals surface area contributed by atoms with Crippen molar-refractivity contribution in [2.24, 2.45) is 0 Å². The van der Waals surface area contributed by atoms with Crippen LogP contribution in [0, 0.1) is 23.7 Å². The first-order chi connectivity index (χ1) is 12.1. The molecule has 0 aliphatic carbocycles. The summed E-state index contributed by atoms with van der Waals surface area (Å²) in [6.45, 7) is 16.3. The molecule has 0 N–H and O–H groups in total. The Morgan fingerprint density at radius 1 is 0.846 bits per heavy atom. The molecule has 144 valence electrons. The Hall–Kier alpha value is -0.236. The Bertz CT molecular complexity index is 627. The van der Waals surface area contributed by atoms with E-state index in [9.17, 15) is 0 Å². The van der Waals surface area contributed by atoms with E-state index in [1.54, 1.807) is 6.08 Å². The molecule has 26 heavy (non-hydrogen) atoms. The van der Waals surface area contributed by atoms with E-state index in [2.05, 4.69) is 75.1 Å². The molecule has 0 heterocycles. The number of thioether (sulfide) groups is 2. The highest BCUT2D eigenvalue weighted by atomic mass is 35.5. The predicted octanol–water partition coefficient (Wildman–Crippen LogP) is 7.68. The van der Waals surface area contributed by atoms with Crippen LogP contribution in [0.4, 0.5) is 0 Å². The molecule has 0 fully saturated rings. The third-order valence-electron chi connectivity index (χ3n) is 3.20. The summed E-state index contributed by atoms with van der Waals surface area (Å²) in [5.74, 6) is 14.7. The molecule has 0 spiro atoms. The van der Waals surface area contributed by atoms with Crippen LogP contribution in [-0.2, 0) is 0 Å². The molecule has 0 saturated carbocycles. The summed E-state index contributed by atoms with van der Waals surface area (Å²) in [5, 5.41) is 0. The predicted molar refractivity (Wildman–Crippen MR) is 134 cm³/mol. The van der Waals surface area contributed by atoms with Gasteiger partial charge in [-0.05, 0) is 48.7 Å². The van der Waals surface area contributed by atoms with Crippen molar-refractivity contribution >= 4 is 51.3 Å². The number of halogens is 1. The molecule has 0 aromatic heterocycles. The van der Waals surface area contributed by atoms with Gasteiger partial charge in [0.05, 0.1) is 9.81 Å². The van der Waals surface area contributed by atoms with E-state index in [4.69, 9.17) is 11.6 Å². The zero-order chi connectivity index (χ0) is 20.1. The quantitative estimate of drug-likeness (QED) is 0.205. The second-order valence-electron chi connectivity index (χ2n) is 8.32. The normalized spacial score (nSPS) is 13.2. The average Bonchev–Trinajstić information content (AvgIpc) is 2.49. The van der Waals surface area contributed by atoms with E-state index in [1.807, 2.05) is 30.4 Å². The van der Waals surface area contributed by atoms with E-state index in [0.29, 0.717) is 0 Å². The van der Waals surface area contributed by atoms with Gasteiger partial charge in [0.15, 0.2) is 0 Å². The molecule has 0 aromatic carbocycles. The van der Waals surface area contributed by atoms with Gasteiger partial charge in [0, 0.05) is 21.7 Å². The third-order valence-corrected chi connectivity index (χ3v) is 9.46. The highest BCUT2D eigenvalue weighted by Crippen LogP contribution is 2.23. The van der Waals surface area contributed by atoms with Crippen LogP contribution in [-0.4, -0.2) is 27.7 Å². The molecule has 0 amide bonds. The van der Waals surface area contributed by atoms with Gasteiger partial charge in [-0.2, -0.15) is 0 Å². The molecular weight excluding hydrogens is 408 g/mol. The zero-order valence-corrected chi connectivity index (χ0v) is 21.7. The van der Waals surface area contributed by atoms with Gasteiger partial charge in [-0.25, -0.2) is 0 Å². The number of hydrogen-bond donors (Lipinski definition) is 0. The molecule has 0 aromatic rings. The summed E-state index contributed by atoms with van der Waals surface area (Å²) in [5.41, 5.74) is 1.45. The van der Waals surface area contributed by atoms with Crippen molar-refractivity contribution in [2.75, 3.05) is 11.5 Å². The molecule has 0 aliphatic rings. The van der Waals surface area contributed by atoms with Crippen molar-refractivity contribution in [3.8, 4) is 23.7 Å². The van der Waals surface area contributed by atoms with Crippen LogP contribution < -0.4 is 0 Å². The number of rotatable bonds is 9. The lowest BCUT2D eigenvalue weighted by Crippen LogP contribution is -2.19. The van der Waals surface area contributed by atoms with Crippen molar-refractivity contribution in [1.82, 2.24) is 0 Å². The lowest BCUT2D eigenvalue weighted by molar-refractivity contribution is 1.38. The smallest absolute Gasteiger partial charge is 0.0577 e. The molecule has 5 heteroatoms. The summed E-state index contributed by atoms with van der Waals surface area (Å²) >= 11 is 9.28. The van der Waals surface area contributed by atoms with Gasteiger partial charge in [0.2, 0.25) is 0 Å². The Balaban J connectivity index is 5.13. The Labute approximate surface area is 177 Å². The summed E-state index contributed by atoms with van der Waals surface area (Å²) in [4.78, 5) is 2.21. The maximum absolute atomic E-state index is 5.58. The molecule has 0 saturated heterocycles.